The molecule has 0 aliphatic rings. The number of thiazole rings is 1. The number of hydrogen-bond donors (Lipinski definition) is 1. The van der Waals surface area contributed by atoms with Crippen LogP contribution in [-0.4, -0.2) is 22.0 Å². The summed E-state index contributed by atoms with van der Waals surface area (Å²) in [6, 6.07) is 9.45. The Morgan fingerprint density at radius 2 is 2.12 bits per heavy atom. The molecule has 0 aliphatic carbocycles. The first kappa shape index (κ1) is 17.0. The fourth-order valence-corrected chi connectivity index (χ4v) is 2.82. The number of nitrogens with one attached hydrogen (secondary N) is 1. The van der Waals surface area contributed by atoms with E-state index in [-0.39, 0.29) is 17.8 Å². The van der Waals surface area contributed by atoms with Crippen LogP contribution in [0.3, 0.4) is 0 Å². The molecule has 7 heteroatoms. The molecule has 1 aromatic carbocycles. The molecule has 2 heterocycles. The number of amides is 1. The molecule has 5 nitrogen and oxygen atoms in total. The molecule has 0 saturated heterocycles. The van der Waals surface area contributed by atoms with Crippen molar-refractivity contribution in [2.45, 2.75) is 20.0 Å². The minimum absolute atomic E-state index is 0.0174. The molecular weight excluding hydrogens is 341 g/mol. The average Bonchev–Trinajstić information content (AvgIpc) is 3.03. The Bertz CT molecular complexity index is 878. The summed E-state index contributed by atoms with van der Waals surface area (Å²) in [6.07, 6.45) is 1.47. The van der Waals surface area contributed by atoms with Crippen LogP contribution in [0.5, 0.6) is 5.88 Å². The van der Waals surface area contributed by atoms with E-state index in [1.807, 2.05) is 13.8 Å². The molecule has 0 atom stereocenters. The van der Waals surface area contributed by atoms with Crippen LogP contribution >= 0.6 is 11.3 Å². The molecule has 3 rings (SSSR count). The summed E-state index contributed by atoms with van der Waals surface area (Å²) >= 11 is 1.27. The summed E-state index contributed by atoms with van der Waals surface area (Å²) in [6.45, 7) is 3.81. The molecule has 0 saturated carbocycles. The number of halogens is 1. The van der Waals surface area contributed by atoms with Crippen molar-refractivity contribution in [2.24, 2.45) is 0 Å². The van der Waals surface area contributed by atoms with Gasteiger partial charge in [0.1, 0.15) is 5.82 Å². The lowest BCUT2D eigenvalue weighted by Crippen LogP contribution is -2.12. The molecule has 0 radical (unpaired) electrons. The molecule has 0 bridgehead atoms. The molecule has 128 valence electrons. The predicted molar refractivity (Wildman–Crippen MR) is 95.5 cm³/mol. The van der Waals surface area contributed by atoms with Gasteiger partial charge >= 0.3 is 0 Å². The van der Waals surface area contributed by atoms with Gasteiger partial charge in [0.25, 0.3) is 5.91 Å². The maximum Gasteiger partial charge on any atom is 0.259 e. The van der Waals surface area contributed by atoms with Crippen molar-refractivity contribution < 1.29 is 13.9 Å². The van der Waals surface area contributed by atoms with Gasteiger partial charge in [-0.05, 0) is 32.0 Å². The number of pyridine rings is 1. The second kappa shape index (κ2) is 7.40. The van der Waals surface area contributed by atoms with Crippen molar-refractivity contribution in [2.75, 3.05) is 5.32 Å². The summed E-state index contributed by atoms with van der Waals surface area (Å²) < 4.78 is 18.7. The number of carbonyl (C=O) groups is 1. The van der Waals surface area contributed by atoms with Crippen molar-refractivity contribution in [3.8, 4) is 17.1 Å². The van der Waals surface area contributed by atoms with Gasteiger partial charge in [-0.3, -0.25) is 10.1 Å². The number of ether oxygens (including phenoxy) is 1. The molecule has 0 spiro atoms. The topological polar surface area (TPSA) is 64.1 Å². The zero-order valence-electron chi connectivity index (χ0n) is 13.7. The summed E-state index contributed by atoms with van der Waals surface area (Å²) in [5, 5.41) is 4.92. The Morgan fingerprint density at radius 3 is 2.80 bits per heavy atom. The molecule has 2 aromatic heterocycles. The van der Waals surface area contributed by atoms with Gasteiger partial charge in [0.15, 0.2) is 5.13 Å². The average molecular weight is 357 g/mol. The van der Waals surface area contributed by atoms with Crippen LogP contribution in [0.1, 0.15) is 24.2 Å². The summed E-state index contributed by atoms with van der Waals surface area (Å²) in [5.41, 5.74) is 1.67. The number of anilines is 1. The zero-order valence-corrected chi connectivity index (χ0v) is 14.5. The van der Waals surface area contributed by atoms with Gasteiger partial charge in [-0.2, -0.15) is 0 Å². The molecular formula is C18H16FN3O2S. The summed E-state index contributed by atoms with van der Waals surface area (Å²) in [4.78, 5) is 20.7. The van der Waals surface area contributed by atoms with Crippen LogP contribution in [0.15, 0.2) is 48.0 Å². The highest BCUT2D eigenvalue weighted by Crippen LogP contribution is 2.25. The number of hydrogen-bond acceptors (Lipinski definition) is 5. The number of benzene rings is 1. The van der Waals surface area contributed by atoms with E-state index in [1.165, 1.54) is 29.7 Å². The van der Waals surface area contributed by atoms with Crippen LogP contribution in [0, 0.1) is 5.82 Å². The van der Waals surface area contributed by atoms with Crippen molar-refractivity contribution in [3.63, 3.8) is 0 Å². The smallest absolute Gasteiger partial charge is 0.259 e. The van der Waals surface area contributed by atoms with E-state index in [1.54, 1.807) is 29.6 Å². The first-order chi connectivity index (χ1) is 12.0. The normalized spacial score (nSPS) is 10.7. The van der Waals surface area contributed by atoms with E-state index in [0.29, 0.717) is 27.8 Å². The molecule has 25 heavy (non-hydrogen) atoms. The Hall–Kier alpha value is -2.80. The van der Waals surface area contributed by atoms with Crippen LogP contribution in [0.25, 0.3) is 11.3 Å². The maximum absolute atomic E-state index is 13.3. The second-order valence-corrected chi connectivity index (χ2v) is 6.41. The van der Waals surface area contributed by atoms with Crippen LogP contribution < -0.4 is 10.1 Å². The summed E-state index contributed by atoms with van der Waals surface area (Å²) in [5.74, 6) is -0.177. The third kappa shape index (κ3) is 4.39. The van der Waals surface area contributed by atoms with Gasteiger partial charge in [-0.15, -0.1) is 11.3 Å². The molecule has 1 N–H and O–H groups in total. The minimum Gasteiger partial charge on any atom is -0.475 e. The van der Waals surface area contributed by atoms with Gasteiger partial charge in [-0.25, -0.2) is 14.4 Å². The first-order valence-corrected chi connectivity index (χ1v) is 8.55. The Kier molecular flexibility index (Phi) is 5.04. The second-order valence-electron chi connectivity index (χ2n) is 5.55. The Morgan fingerprint density at radius 1 is 1.28 bits per heavy atom. The van der Waals surface area contributed by atoms with Crippen molar-refractivity contribution in [1.82, 2.24) is 9.97 Å². The van der Waals surface area contributed by atoms with Crippen LogP contribution in [0.4, 0.5) is 9.52 Å². The Balaban J connectivity index is 1.69. The van der Waals surface area contributed by atoms with E-state index in [0.717, 1.165) is 0 Å². The van der Waals surface area contributed by atoms with Gasteiger partial charge in [-0.1, -0.05) is 12.1 Å². The lowest BCUT2D eigenvalue weighted by Gasteiger charge is -2.08. The monoisotopic (exact) mass is 357 g/mol. The minimum atomic E-state index is -0.328. The van der Waals surface area contributed by atoms with E-state index in [4.69, 9.17) is 4.74 Å². The lowest BCUT2D eigenvalue weighted by atomic mass is 10.2. The standard InChI is InChI=1S/C18H16FN3O2S/c1-11(2)24-16-7-6-13(9-20-16)17(23)22-18-21-15(10-25-18)12-4-3-5-14(19)8-12/h3-11H,1-2H3,(H,21,22,23). The van der Waals surface area contributed by atoms with E-state index in [9.17, 15) is 9.18 Å². The predicted octanol–water partition coefficient (Wildman–Crippen LogP) is 4.38. The third-order valence-corrected chi connectivity index (χ3v) is 3.96. The van der Waals surface area contributed by atoms with Crippen molar-refractivity contribution >= 4 is 22.4 Å². The highest BCUT2D eigenvalue weighted by Gasteiger charge is 2.11. The van der Waals surface area contributed by atoms with E-state index >= 15 is 0 Å². The molecule has 0 fully saturated rings. The SMILES string of the molecule is CC(C)Oc1ccc(C(=O)Nc2nc(-c3cccc(F)c3)cs2)cn1. The largest absolute Gasteiger partial charge is 0.475 e. The van der Waals surface area contributed by atoms with Crippen LogP contribution in [-0.2, 0) is 0 Å². The molecule has 0 unspecified atom stereocenters. The number of rotatable bonds is 5. The fraction of sp³-hybridized carbons (Fsp3) is 0.167. The molecule has 1 amide bonds. The van der Waals surface area contributed by atoms with E-state index in [2.05, 4.69) is 15.3 Å². The van der Waals surface area contributed by atoms with Gasteiger partial charge < -0.3 is 4.74 Å². The quantitative estimate of drug-likeness (QED) is 0.736. The summed E-state index contributed by atoms with van der Waals surface area (Å²) in [7, 11) is 0. The van der Waals surface area contributed by atoms with Crippen molar-refractivity contribution in [1.29, 1.82) is 0 Å². The number of nitrogens with zero attached hydrogens (tertiary/aromatic N) is 2. The van der Waals surface area contributed by atoms with E-state index < -0.39 is 0 Å². The highest BCUT2D eigenvalue weighted by atomic mass is 32.1. The molecule has 0 aliphatic heterocycles. The zero-order chi connectivity index (χ0) is 17.8. The van der Waals surface area contributed by atoms with Crippen LogP contribution in [0.2, 0.25) is 0 Å². The number of aromatic nitrogens is 2. The van der Waals surface area contributed by atoms with Gasteiger partial charge in [0.05, 0.1) is 17.4 Å². The first-order valence-electron chi connectivity index (χ1n) is 7.67. The third-order valence-electron chi connectivity index (χ3n) is 3.20. The van der Waals surface area contributed by atoms with Gasteiger partial charge in [0, 0.05) is 23.2 Å². The van der Waals surface area contributed by atoms with Gasteiger partial charge in [0.2, 0.25) is 5.88 Å². The highest BCUT2D eigenvalue weighted by molar-refractivity contribution is 7.14. The maximum atomic E-state index is 13.3. The number of carbonyl (C=O) groups excluding carboxylic acids is 1. The molecule has 3 aromatic rings. The Labute approximate surface area is 148 Å². The van der Waals surface area contributed by atoms with Crippen molar-refractivity contribution in [3.05, 3.63) is 59.4 Å². The lowest BCUT2D eigenvalue weighted by molar-refractivity contribution is 0.102. The fourth-order valence-electron chi connectivity index (χ4n) is 2.11.